The zero-order chi connectivity index (χ0) is 22.7. The number of anilines is 2. The van der Waals surface area contributed by atoms with E-state index in [-0.39, 0.29) is 11.7 Å². The lowest BCUT2D eigenvalue weighted by atomic mass is 9.81. The largest absolute Gasteiger partial charge is 0.508 e. The van der Waals surface area contributed by atoms with Gasteiger partial charge in [-0.2, -0.15) is 0 Å². The lowest BCUT2D eigenvalue weighted by molar-refractivity contribution is 0.121. The molecular formula is C27H25N3O3. The van der Waals surface area contributed by atoms with Crippen LogP contribution in [0.15, 0.2) is 90.4 Å². The van der Waals surface area contributed by atoms with E-state index < -0.39 is 11.7 Å². The van der Waals surface area contributed by atoms with Crippen LogP contribution in [0.3, 0.4) is 0 Å². The third kappa shape index (κ3) is 2.72. The van der Waals surface area contributed by atoms with Crippen molar-refractivity contribution in [3.05, 3.63) is 113 Å². The molecule has 0 bridgehead atoms. The van der Waals surface area contributed by atoms with Crippen LogP contribution in [0.2, 0.25) is 0 Å². The number of nitrogens with zero attached hydrogens (tertiary/aromatic N) is 1. The fourth-order valence-corrected chi connectivity index (χ4v) is 5.36. The summed E-state index contributed by atoms with van der Waals surface area (Å²) in [5, 5.41) is 40.6. The molecule has 3 heterocycles. The zero-order valence-electron chi connectivity index (χ0n) is 18.2. The molecule has 6 nitrogen and oxygen atoms in total. The van der Waals surface area contributed by atoms with Crippen molar-refractivity contribution >= 4 is 11.4 Å². The average molecular weight is 440 g/mol. The Kier molecular flexibility index (Phi) is 4.39. The van der Waals surface area contributed by atoms with Gasteiger partial charge in [0.15, 0.2) is 5.60 Å². The van der Waals surface area contributed by atoms with Crippen molar-refractivity contribution in [3.63, 3.8) is 0 Å². The van der Waals surface area contributed by atoms with Gasteiger partial charge in [-0.1, -0.05) is 48.5 Å². The Morgan fingerprint density at radius 1 is 1.06 bits per heavy atom. The van der Waals surface area contributed by atoms with Gasteiger partial charge in [0.25, 0.3) is 0 Å². The fourth-order valence-electron chi connectivity index (χ4n) is 5.36. The third-order valence-electron chi connectivity index (χ3n) is 6.89. The van der Waals surface area contributed by atoms with Crippen molar-refractivity contribution in [2.45, 2.75) is 17.6 Å². The Morgan fingerprint density at radius 3 is 2.70 bits per heavy atom. The number of benzene rings is 3. The molecule has 6 rings (SSSR count). The number of para-hydroxylation sites is 2. The van der Waals surface area contributed by atoms with Gasteiger partial charge in [0.1, 0.15) is 5.75 Å². The lowest BCUT2D eigenvalue weighted by Crippen LogP contribution is -2.35. The molecule has 0 aliphatic carbocycles. The quantitative estimate of drug-likeness (QED) is 0.427. The fraction of sp³-hybridized carbons (Fsp3) is 0.185. The van der Waals surface area contributed by atoms with E-state index >= 15 is 0 Å². The second-order valence-electron chi connectivity index (χ2n) is 8.74. The number of aliphatic hydroxyl groups is 2. The molecule has 5 N–H and O–H groups in total. The number of nitrogens with one attached hydrogen (secondary N) is 2. The van der Waals surface area contributed by atoms with E-state index in [9.17, 15) is 15.3 Å². The molecule has 3 atom stereocenters. The first-order valence-electron chi connectivity index (χ1n) is 11.1. The molecule has 3 aromatic rings. The molecule has 0 fully saturated rings. The highest BCUT2D eigenvalue weighted by molar-refractivity contribution is 5.81. The van der Waals surface area contributed by atoms with Crippen LogP contribution in [-0.2, 0) is 5.60 Å². The van der Waals surface area contributed by atoms with Crippen LogP contribution in [0.1, 0.15) is 34.3 Å². The first kappa shape index (κ1) is 20.1. The van der Waals surface area contributed by atoms with Gasteiger partial charge >= 0.3 is 0 Å². The Bertz CT molecular complexity index is 1330. The molecule has 0 amide bonds. The van der Waals surface area contributed by atoms with Crippen molar-refractivity contribution in [2.24, 2.45) is 0 Å². The number of aromatic hydroxyl groups is 1. The maximum absolute atomic E-state index is 12.5. The molecule has 3 aliphatic heterocycles. The van der Waals surface area contributed by atoms with Crippen molar-refractivity contribution in [2.75, 3.05) is 23.8 Å². The van der Waals surface area contributed by atoms with E-state index in [1.54, 1.807) is 25.2 Å². The number of aliphatic hydroxyl groups excluding tert-OH is 1. The van der Waals surface area contributed by atoms with E-state index in [0.29, 0.717) is 28.9 Å². The molecule has 0 saturated heterocycles. The van der Waals surface area contributed by atoms with Gasteiger partial charge in [0.2, 0.25) is 0 Å². The van der Waals surface area contributed by atoms with Gasteiger partial charge in [-0.15, -0.1) is 0 Å². The molecule has 3 aliphatic rings. The minimum absolute atomic E-state index is 0.0199. The number of hydrogen-bond acceptors (Lipinski definition) is 6. The van der Waals surface area contributed by atoms with Crippen molar-refractivity contribution in [1.29, 1.82) is 0 Å². The molecule has 6 heteroatoms. The smallest absolute Gasteiger partial charge is 0.163 e. The second kappa shape index (κ2) is 7.22. The molecule has 0 spiro atoms. The SMILES string of the molecule is CNCC(O)c1ccc(O)c(C2(O)C3=C4Nc5ccccc5C4C=CN3c3ccccc32)c1. The van der Waals surface area contributed by atoms with Crippen LogP contribution in [0.5, 0.6) is 5.75 Å². The maximum Gasteiger partial charge on any atom is 0.163 e. The summed E-state index contributed by atoms with van der Waals surface area (Å²) in [6.07, 6.45) is 3.37. The van der Waals surface area contributed by atoms with Crippen LogP contribution in [0.25, 0.3) is 0 Å². The highest BCUT2D eigenvalue weighted by atomic mass is 16.3. The minimum Gasteiger partial charge on any atom is -0.508 e. The highest BCUT2D eigenvalue weighted by Crippen LogP contribution is 2.57. The summed E-state index contributed by atoms with van der Waals surface area (Å²) in [7, 11) is 1.77. The third-order valence-corrected chi connectivity index (χ3v) is 6.89. The van der Waals surface area contributed by atoms with Gasteiger partial charge < -0.3 is 30.9 Å². The normalized spacial score (nSPS) is 23.0. The van der Waals surface area contributed by atoms with Crippen molar-refractivity contribution in [3.8, 4) is 5.75 Å². The first-order valence-corrected chi connectivity index (χ1v) is 11.1. The molecule has 3 unspecified atom stereocenters. The van der Waals surface area contributed by atoms with Crippen LogP contribution in [-0.4, -0.2) is 28.9 Å². The molecule has 3 aromatic carbocycles. The monoisotopic (exact) mass is 439 g/mol. The van der Waals surface area contributed by atoms with Gasteiger partial charge in [0.05, 0.1) is 23.2 Å². The van der Waals surface area contributed by atoms with Crippen molar-refractivity contribution < 1.29 is 15.3 Å². The lowest BCUT2D eigenvalue weighted by Gasteiger charge is -2.34. The summed E-state index contributed by atoms with van der Waals surface area (Å²) < 4.78 is 0. The Hall–Kier alpha value is -3.58. The molecule has 0 aromatic heterocycles. The van der Waals surface area contributed by atoms with E-state index in [4.69, 9.17) is 0 Å². The second-order valence-corrected chi connectivity index (χ2v) is 8.74. The number of fused-ring (bicyclic) bond motifs is 6. The molecule has 33 heavy (non-hydrogen) atoms. The maximum atomic E-state index is 12.5. The van der Waals surface area contributed by atoms with E-state index in [2.05, 4.69) is 22.8 Å². The predicted molar refractivity (Wildman–Crippen MR) is 128 cm³/mol. The Balaban J connectivity index is 1.61. The summed E-state index contributed by atoms with van der Waals surface area (Å²) >= 11 is 0. The number of phenols is 1. The van der Waals surface area contributed by atoms with Crippen LogP contribution >= 0.6 is 0 Å². The molecule has 0 saturated carbocycles. The van der Waals surface area contributed by atoms with Crippen LogP contribution in [0, 0.1) is 0 Å². The van der Waals surface area contributed by atoms with E-state index in [1.165, 1.54) is 0 Å². The molecule has 0 radical (unpaired) electrons. The number of allylic oxidation sites excluding steroid dienone is 1. The number of likely N-dealkylation sites (N-methyl/N-ethyl adjacent to an activating group) is 1. The Morgan fingerprint density at radius 2 is 1.85 bits per heavy atom. The van der Waals surface area contributed by atoms with E-state index in [0.717, 1.165) is 22.6 Å². The average Bonchev–Trinajstić information content (AvgIpc) is 3.33. The van der Waals surface area contributed by atoms with Crippen molar-refractivity contribution in [1.82, 2.24) is 5.32 Å². The standard InChI is InChI=1S/C27H25N3O3/c1-28-15-24(32)16-10-11-23(31)20(14-16)27(33)19-7-3-5-9-22(19)30-13-12-18-17-6-2-4-8-21(17)29-25(18)26(27)30/h2-14,18,24,28-29,31-33H,15H2,1H3. The topological polar surface area (TPSA) is 88.0 Å². The minimum atomic E-state index is -1.61. The van der Waals surface area contributed by atoms with Gasteiger partial charge in [-0.25, -0.2) is 0 Å². The van der Waals surface area contributed by atoms with Gasteiger partial charge in [-0.05, 0) is 42.4 Å². The molecule has 166 valence electrons. The predicted octanol–water partition coefficient (Wildman–Crippen LogP) is 3.65. The van der Waals surface area contributed by atoms with Gasteiger partial charge in [-0.3, -0.25) is 0 Å². The number of rotatable bonds is 4. The molecular weight excluding hydrogens is 414 g/mol. The van der Waals surface area contributed by atoms with E-state index in [1.807, 2.05) is 53.6 Å². The number of hydrogen-bond donors (Lipinski definition) is 5. The van der Waals surface area contributed by atoms with Crippen LogP contribution < -0.4 is 15.5 Å². The van der Waals surface area contributed by atoms with Gasteiger partial charge in [0, 0.05) is 35.5 Å². The Labute approximate surface area is 192 Å². The zero-order valence-corrected chi connectivity index (χ0v) is 18.2. The summed E-state index contributed by atoms with van der Waals surface area (Å²) in [6.45, 7) is 0.362. The summed E-state index contributed by atoms with van der Waals surface area (Å²) in [5.74, 6) is -0.0437. The summed E-state index contributed by atoms with van der Waals surface area (Å²) in [4.78, 5) is 2.00. The summed E-state index contributed by atoms with van der Waals surface area (Å²) in [5.41, 5.74) is 4.62. The first-order chi connectivity index (χ1) is 16.0. The van der Waals surface area contributed by atoms with Crippen LogP contribution in [0.4, 0.5) is 11.4 Å². The number of phenolic OH excluding ortho intramolecular Hbond substituents is 1. The highest BCUT2D eigenvalue weighted by Gasteiger charge is 2.52. The summed E-state index contributed by atoms with van der Waals surface area (Å²) in [6, 6.07) is 20.8.